The summed E-state index contributed by atoms with van der Waals surface area (Å²) in [5.41, 5.74) is 2.13. The summed E-state index contributed by atoms with van der Waals surface area (Å²) in [5, 5.41) is 8.31. The predicted octanol–water partition coefficient (Wildman–Crippen LogP) is 5.96. The summed E-state index contributed by atoms with van der Waals surface area (Å²) in [6.07, 6.45) is -4.43. The molecule has 2 aromatic heterocycles. The number of thioether (sulfide) groups is 1. The highest BCUT2D eigenvalue weighted by atomic mass is 32.2. The highest BCUT2D eigenvalue weighted by Crippen LogP contribution is 2.37. The molecule has 0 bridgehead atoms. The molecule has 4 aromatic rings. The van der Waals surface area contributed by atoms with Gasteiger partial charge in [0.25, 0.3) is 0 Å². The van der Waals surface area contributed by atoms with Gasteiger partial charge in [-0.25, -0.2) is 4.68 Å². The molecule has 5 nitrogen and oxygen atoms in total. The number of benzene rings is 2. The predicted molar refractivity (Wildman–Crippen MR) is 114 cm³/mol. The zero-order chi connectivity index (χ0) is 22.2. The van der Waals surface area contributed by atoms with Crippen molar-refractivity contribution in [2.75, 3.05) is 0 Å². The van der Waals surface area contributed by atoms with Crippen molar-refractivity contribution >= 4 is 28.4 Å². The minimum atomic E-state index is -4.43. The molecule has 0 aliphatic carbocycles. The molecule has 2 heterocycles. The number of aromatic nitrogens is 4. The molecule has 2 aromatic carbocycles. The Hall–Kier alpha value is -2.98. The lowest BCUT2D eigenvalue weighted by molar-refractivity contribution is -0.137. The largest absolute Gasteiger partial charge is 0.416 e. The van der Waals surface area contributed by atoms with Crippen LogP contribution in [0.1, 0.15) is 27.3 Å². The standard InChI is InChI=1S/C21H15F3N4OS2/c1-12-17(20(29)30-16-10-8-14(9-11-16)21(22,23)24)18(19-13(2)25-27-31-19)28(26-12)15-6-4-3-5-7-15/h3-11H,1-2H3. The van der Waals surface area contributed by atoms with Gasteiger partial charge in [-0.3, -0.25) is 4.79 Å². The van der Waals surface area contributed by atoms with Crippen LogP contribution in [-0.2, 0) is 6.18 Å². The Morgan fingerprint density at radius 3 is 2.26 bits per heavy atom. The second kappa shape index (κ2) is 8.27. The average molecular weight is 461 g/mol. The molecule has 0 unspecified atom stereocenters. The number of para-hydroxylation sites is 1. The van der Waals surface area contributed by atoms with E-state index in [1.165, 1.54) is 12.1 Å². The molecule has 10 heteroatoms. The van der Waals surface area contributed by atoms with E-state index < -0.39 is 11.7 Å². The van der Waals surface area contributed by atoms with Crippen molar-refractivity contribution in [3.05, 3.63) is 77.1 Å². The third kappa shape index (κ3) is 4.26. The van der Waals surface area contributed by atoms with Crippen molar-refractivity contribution in [1.82, 2.24) is 19.4 Å². The molecule has 0 saturated heterocycles. The highest BCUT2D eigenvalue weighted by Gasteiger charge is 2.31. The lowest BCUT2D eigenvalue weighted by atomic mass is 10.1. The fourth-order valence-corrected chi connectivity index (χ4v) is 4.58. The van der Waals surface area contributed by atoms with Gasteiger partial charge in [-0.05, 0) is 73.5 Å². The number of alkyl halides is 3. The van der Waals surface area contributed by atoms with Crippen LogP contribution in [0.25, 0.3) is 16.3 Å². The third-order valence-corrected chi connectivity index (χ3v) is 6.26. The van der Waals surface area contributed by atoms with E-state index in [2.05, 4.69) is 14.7 Å². The van der Waals surface area contributed by atoms with Crippen LogP contribution in [0.2, 0.25) is 0 Å². The summed E-state index contributed by atoms with van der Waals surface area (Å²) in [4.78, 5) is 14.4. The van der Waals surface area contributed by atoms with Crippen molar-refractivity contribution in [3.8, 4) is 16.3 Å². The van der Waals surface area contributed by atoms with Gasteiger partial charge in [0.15, 0.2) is 0 Å². The van der Waals surface area contributed by atoms with Crippen LogP contribution in [0, 0.1) is 13.8 Å². The first-order chi connectivity index (χ1) is 14.8. The fourth-order valence-electron chi connectivity index (χ4n) is 3.06. The van der Waals surface area contributed by atoms with Gasteiger partial charge in [0.2, 0.25) is 5.12 Å². The highest BCUT2D eigenvalue weighted by molar-refractivity contribution is 8.14. The van der Waals surface area contributed by atoms with Crippen LogP contribution in [0.3, 0.4) is 0 Å². The van der Waals surface area contributed by atoms with E-state index in [9.17, 15) is 18.0 Å². The van der Waals surface area contributed by atoms with Crippen molar-refractivity contribution < 1.29 is 18.0 Å². The molecule has 0 aliphatic heterocycles. The van der Waals surface area contributed by atoms with Crippen LogP contribution in [0.4, 0.5) is 13.2 Å². The van der Waals surface area contributed by atoms with Crippen molar-refractivity contribution in [2.24, 2.45) is 0 Å². The molecule has 0 radical (unpaired) electrons. The smallest absolute Gasteiger partial charge is 0.281 e. The van der Waals surface area contributed by atoms with Gasteiger partial charge in [0, 0.05) is 4.90 Å². The van der Waals surface area contributed by atoms with Gasteiger partial charge < -0.3 is 0 Å². The molecule has 0 fully saturated rings. The first kappa shape index (κ1) is 21.3. The van der Waals surface area contributed by atoms with E-state index in [-0.39, 0.29) is 5.12 Å². The lowest BCUT2D eigenvalue weighted by Crippen LogP contribution is -2.04. The van der Waals surface area contributed by atoms with Crippen molar-refractivity contribution in [1.29, 1.82) is 0 Å². The fraction of sp³-hybridized carbons (Fsp3) is 0.143. The number of carbonyl (C=O) groups excluding carboxylic acids is 1. The second-order valence-electron chi connectivity index (χ2n) is 6.66. The van der Waals surface area contributed by atoms with E-state index in [1.807, 2.05) is 30.3 Å². The maximum absolute atomic E-state index is 13.2. The van der Waals surface area contributed by atoms with Crippen LogP contribution in [0.15, 0.2) is 59.5 Å². The zero-order valence-electron chi connectivity index (χ0n) is 16.3. The molecule has 0 N–H and O–H groups in total. The molecule has 0 aliphatic rings. The molecule has 4 rings (SSSR count). The summed E-state index contributed by atoms with van der Waals surface area (Å²) in [5.74, 6) is 0. The Morgan fingerprint density at radius 2 is 1.68 bits per heavy atom. The number of carbonyl (C=O) groups is 1. The molecular weight excluding hydrogens is 445 g/mol. The minimum absolute atomic E-state index is 0.317. The molecule has 0 amide bonds. The Labute approximate surface area is 184 Å². The number of nitrogens with zero attached hydrogens (tertiary/aromatic N) is 4. The minimum Gasteiger partial charge on any atom is -0.281 e. The maximum Gasteiger partial charge on any atom is 0.416 e. The number of hydrogen-bond acceptors (Lipinski definition) is 6. The van der Waals surface area contributed by atoms with Gasteiger partial charge in [0.05, 0.1) is 38.8 Å². The number of rotatable bonds is 4. The van der Waals surface area contributed by atoms with E-state index in [0.717, 1.165) is 41.1 Å². The Bertz CT molecular complexity index is 1230. The van der Waals surface area contributed by atoms with Crippen molar-refractivity contribution in [2.45, 2.75) is 24.9 Å². The topological polar surface area (TPSA) is 60.7 Å². The summed E-state index contributed by atoms with van der Waals surface area (Å²) in [6.45, 7) is 3.53. The van der Waals surface area contributed by atoms with Gasteiger partial charge in [-0.2, -0.15) is 18.3 Å². The lowest BCUT2D eigenvalue weighted by Gasteiger charge is -2.09. The van der Waals surface area contributed by atoms with Gasteiger partial charge in [-0.1, -0.05) is 22.7 Å². The molecule has 158 valence electrons. The summed E-state index contributed by atoms with van der Waals surface area (Å²) in [7, 11) is 0. The Morgan fingerprint density at radius 1 is 1.00 bits per heavy atom. The number of aryl methyl sites for hydroxylation is 2. The van der Waals surface area contributed by atoms with Gasteiger partial charge >= 0.3 is 6.18 Å². The SMILES string of the molecule is Cc1nnsc1-c1c(C(=O)Sc2ccc(C(F)(F)F)cc2)c(C)nn1-c1ccccc1. The quantitative estimate of drug-likeness (QED) is 0.352. The van der Waals surface area contributed by atoms with Gasteiger partial charge in [0.1, 0.15) is 0 Å². The Balaban J connectivity index is 1.77. The van der Waals surface area contributed by atoms with Crippen LogP contribution < -0.4 is 0 Å². The van der Waals surface area contributed by atoms with Crippen LogP contribution in [0.5, 0.6) is 0 Å². The second-order valence-corrected chi connectivity index (χ2v) is 8.46. The normalized spacial score (nSPS) is 11.6. The maximum atomic E-state index is 13.2. The van der Waals surface area contributed by atoms with Gasteiger partial charge in [-0.15, -0.1) is 5.10 Å². The Kier molecular flexibility index (Phi) is 5.67. The van der Waals surface area contributed by atoms with E-state index in [0.29, 0.717) is 32.4 Å². The van der Waals surface area contributed by atoms with Crippen LogP contribution in [-0.4, -0.2) is 24.5 Å². The van der Waals surface area contributed by atoms with E-state index in [4.69, 9.17) is 0 Å². The summed E-state index contributed by atoms with van der Waals surface area (Å²) >= 11 is 2.02. The number of halogens is 3. The summed E-state index contributed by atoms with van der Waals surface area (Å²) < 4.78 is 44.1. The molecular formula is C21H15F3N4OS2. The molecule has 0 atom stereocenters. The number of hydrogen-bond donors (Lipinski definition) is 0. The van der Waals surface area contributed by atoms with Crippen LogP contribution >= 0.6 is 23.3 Å². The van der Waals surface area contributed by atoms with E-state index in [1.54, 1.807) is 18.5 Å². The molecule has 0 saturated carbocycles. The first-order valence-corrected chi connectivity index (χ1v) is 10.7. The first-order valence-electron chi connectivity index (χ1n) is 9.09. The van der Waals surface area contributed by atoms with Crippen molar-refractivity contribution in [3.63, 3.8) is 0 Å². The molecule has 0 spiro atoms. The summed E-state index contributed by atoms with van der Waals surface area (Å²) in [6, 6.07) is 13.9. The molecule has 31 heavy (non-hydrogen) atoms. The third-order valence-electron chi connectivity index (χ3n) is 4.52. The zero-order valence-corrected chi connectivity index (χ0v) is 18.0. The van der Waals surface area contributed by atoms with E-state index >= 15 is 0 Å². The average Bonchev–Trinajstić information content (AvgIpc) is 3.30. The monoisotopic (exact) mass is 460 g/mol.